The van der Waals surface area contributed by atoms with Gasteiger partial charge in [0.1, 0.15) is 6.61 Å². The number of rotatable bonds is 6. The molecule has 2 aliphatic heterocycles. The van der Waals surface area contributed by atoms with Gasteiger partial charge in [0.05, 0.1) is 17.9 Å². The zero-order valence-corrected chi connectivity index (χ0v) is 19.6. The van der Waals surface area contributed by atoms with Crippen LogP contribution in [0.15, 0.2) is 42.5 Å². The first-order valence-electron chi connectivity index (χ1n) is 12.0. The average Bonchev–Trinajstić information content (AvgIpc) is 3.21. The van der Waals surface area contributed by atoms with Gasteiger partial charge in [-0.25, -0.2) is 0 Å². The van der Waals surface area contributed by atoms with E-state index in [0.29, 0.717) is 24.6 Å². The van der Waals surface area contributed by atoms with Crippen LogP contribution in [0.5, 0.6) is 6.01 Å². The molecule has 0 N–H and O–H groups in total. The largest absolute Gasteiger partial charge is 0.462 e. The van der Waals surface area contributed by atoms with Crippen LogP contribution in [-0.2, 0) is 19.4 Å². The van der Waals surface area contributed by atoms with Crippen LogP contribution in [0.4, 0.5) is 5.69 Å². The summed E-state index contributed by atoms with van der Waals surface area (Å²) in [6.45, 7) is 8.13. The van der Waals surface area contributed by atoms with E-state index in [1.807, 2.05) is 0 Å². The van der Waals surface area contributed by atoms with E-state index >= 15 is 0 Å². The van der Waals surface area contributed by atoms with Crippen LogP contribution >= 0.6 is 0 Å². The zero-order valence-electron chi connectivity index (χ0n) is 19.6. The third-order valence-electron chi connectivity index (χ3n) is 6.92. The minimum atomic E-state index is 0.468. The van der Waals surface area contributed by atoms with E-state index in [1.54, 1.807) is 0 Å². The van der Waals surface area contributed by atoms with E-state index in [4.69, 9.17) is 14.7 Å². The second-order valence-electron chi connectivity index (χ2n) is 9.73. The molecule has 1 saturated heterocycles. The molecule has 5 heteroatoms. The van der Waals surface area contributed by atoms with Crippen molar-refractivity contribution in [3.05, 3.63) is 59.4 Å². The monoisotopic (exact) mass is 430 g/mol. The standard InChI is InChI=1S/C27H34N4O/c1-19(2)16-24-23-13-15-31(26-12-6-9-20-8-4-5-11-22(20)26)17-25(23)29-27(28-24)32-18-21-10-7-14-30(21)3/h4-6,8-9,11-12,19,21H,7,10,13-18H2,1-3H3/t21-/m1/s1. The van der Waals surface area contributed by atoms with E-state index in [9.17, 15) is 0 Å². The summed E-state index contributed by atoms with van der Waals surface area (Å²) in [5, 5.41) is 2.58. The third-order valence-corrected chi connectivity index (χ3v) is 6.92. The number of fused-ring (bicyclic) bond motifs is 2. The van der Waals surface area contributed by atoms with Crippen LogP contribution in [0.25, 0.3) is 10.8 Å². The number of benzene rings is 2. The molecule has 3 aromatic rings. The van der Waals surface area contributed by atoms with Crippen molar-refractivity contribution in [2.24, 2.45) is 5.92 Å². The number of aromatic nitrogens is 2. The first-order chi connectivity index (χ1) is 15.6. The SMILES string of the molecule is CC(C)Cc1nc(OC[C@H]2CCCN2C)nc2c1CCN(c1cccc3ccccc13)C2. The molecular formula is C27H34N4O. The summed E-state index contributed by atoms with van der Waals surface area (Å²) in [5.74, 6) is 0.555. The summed E-state index contributed by atoms with van der Waals surface area (Å²) in [6.07, 6.45) is 4.38. The Morgan fingerprint density at radius 3 is 2.72 bits per heavy atom. The van der Waals surface area contributed by atoms with E-state index in [1.165, 1.54) is 40.6 Å². The van der Waals surface area contributed by atoms with Gasteiger partial charge in [-0.3, -0.25) is 0 Å². The lowest BCUT2D eigenvalue weighted by atomic mass is 9.96. The molecule has 1 atom stereocenters. The maximum absolute atomic E-state index is 6.18. The molecule has 2 aliphatic rings. The average molecular weight is 431 g/mol. The number of likely N-dealkylation sites (N-methyl/N-ethyl adjacent to an activating group) is 1. The summed E-state index contributed by atoms with van der Waals surface area (Å²) in [7, 11) is 2.18. The van der Waals surface area contributed by atoms with Crippen molar-refractivity contribution in [2.45, 2.75) is 52.1 Å². The number of nitrogens with zero attached hydrogens (tertiary/aromatic N) is 4. The molecule has 5 rings (SSSR count). The zero-order chi connectivity index (χ0) is 22.1. The van der Waals surface area contributed by atoms with E-state index in [-0.39, 0.29) is 0 Å². The van der Waals surface area contributed by atoms with Crippen molar-refractivity contribution < 1.29 is 4.74 Å². The minimum Gasteiger partial charge on any atom is -0.462 e. The highest BCUT2D eigenvalue weighted by molar-refractivity contribution is 5.94. The number of hydrogen-bond acceptors (Lipinski definition) is 5. The molecule has 5 nitrogen and oxygen atoms in total. The normalized spacial score (nSPS) is 19.0. The molecule has 0 bridgehead atoms. The van der Waals surface area contributed by atoms with Gasteiger partial charge in [-0.15, -0.1) is 0 Å². The van der Waals surface area contributed by atoms with Crippen LogP contribution in [0.1, 0.15) is 43.6 Å². The summed E-state index contributed by atoms with van der Waals surface area (Å²) in [4.78, 5) is 14.7. The highest BCUT2D eigenvalue weighted by Crippen LogP contribution is 2.32. The molecule has 0 aliphatic carbocycles. The third kappa shape index (κ3) is 4.31. The van der Waals surface area contributed by atoms with Crippen molar-refractivity contribution in [1.82, 2.24) is 14.9 Å². The molecule has 168 valence electrons. The molecule has 1 fully saturated rings. The van der Waals surface area contributed by atoms with Gasteiger partial charge >= 0.3 is 6.01 Å². The summed E-state index contributed by atoms with van der Waals surface area (Å²) >= 11 is 0. The van der Waals surface area contributed by atoms with E-state index in [0.717, 1.165) is 38.2 Å². The molecule has 0 spiro atoms. The van der Waals surface area contributed by atoms with E-state index in [2.05, 4.69) is 73.2 Å². The van der Waals surface area contributed by atoms with Crippen molar-refractivity contribution >= 4 is 16.5 Å². The van der Waals surface area contributed by atoms with Crippen LogP contribution in [0.3, 0.4) is 0 Å². The van der Waals surface area contributed by atoms with Crippen molar-refractivity contribution in [2.75, 3.05) is 31.6 Å². The van der Waals surface area contributed by atoms with Crippen molar-refractivity contribution in [3.63, 3.8) is 0 Å². The second kappa shape index (κ2) is 9.07. The van der Waals surface area contributed by atoms with Gasteiger partial charge in [-0.2, -0.15) is 9.97 Å². The van der Waals surface area contributed by atoms with Crippen LogP contribution in [-0.4, -0.2) is 47.7 Å². The molecule has 0 unspecified atom stereocenters. The Kier molecular flexibility index (Phi) is 6.01. The lowest BCUT2D eigenvalue weighted by Gasteiger charge is -2.32. The lowest BCUT2D eigenvalue weighted by molar-refractivity contribution is 0.186. The van der Waals surface area contributed by atoms with Crippen LogP contribution in [0, 0.1) is 5.92 Å². The van der Waals surface area contributed by atoms with Gasteiger partial charge in [-0.1, -0.05) is 50.2 Å². The Hall–Kier alpha value is -2.66. The maximum atomic E-state index is 6.18. The Morgan fingerprint density at radius 1 is 1.06 bits per heavy atom. The minimum absolute atomic E-state index is 0.468. The lowest BCUT2D eigenvalue weighted by Crippen LogP contribution is -2.33. The Morgan fingerprint density at radius 2 is 1.91 bits per heavy atom. The van der Waals surface area contributed by atoms with Crippen LogP contribution < -0.4 is 9.64 Å². The number of hydrogen-bond donors (Lipinski definition) is 0. The maximum Gasteiger partial charge on any atom is 0.316 e. The van der Waals surface area contributed by atoms with Crippen molar-refractivity contribution in [3.8, 4) is 6.01 Å². The van der Waals surface area contributed by atoms with Gasteiger partial charge < -0.3 is 14.5 Å². The molecule has 0 saturated carbocycles. The molecule has 0 radical (unpaired) electrons. The number of anilines is 1. The van der Waals surface area contributed by atoms with E-state index < -0.39 is 0 Å². The molecule has 2 aromatic carbocycles. The number of likely N-dealkylation sites (tertiary alicyclic amines) is 1. The Bertz CT molecular complexity index is 1090. The first kappa shape index (κ1) is 21.2. The summed E-state index contributed by atoms with van der Waals surface area (Å²) in [6, 6.07) is 16.2. The number of ether oxygens (including phenoxy) is 1. The fraction of sp³-hybridized carbons (Fsp3) is 0.481. The quantitative estimate of drug-likeness (QED) is 0.558. The van der Waals surface area contributed by atoms with Gasteiger partial charge in [0.2, 0.25) is 0 Å². The van der Waals surface area contributed by atoms with Crippen molar-refractivity contribution in [1.29, 1.82) is 0 Å². The Labute approximate surface area is 191 Å². The predicted octanol–water partition coefficient (Wildman–Crippen LogP) is 4.86. The van der Waals surface area contributed by atoms with Gasteiger partial charge in [0, 0.05) is 23.7 Å². The fourth-order valence-corrected chi connectivity index (χ4v) is 5.15. The van der Waals surface area contributed by atoms with Gasteiger partial charge in [0.25, 0.3) is 0 Å². The Balaban J connectivity index is 1.44. The van der Waals surface area contributed by atoms with Gasteiger partial charge in [-0.05, 0) is 62.2 Å². The topological polar surface area (TPSA) is 41.5 Å². The summed E-state index contributed by atoms with van der Waals surface area (Å²) in [5.41, 5.74) is 4.93. The molecule has 3 heterocycles. The molecule has 32 heavy (non-hydrogen) atoms. The summed E-state index contributed by atoms with van der Waals surface area (Å²) < 4.78 is 6.18. The fourth-order valence-electron chi connectivity index (χ4n) is 5.15. The van der Waals surface area contributed by atoms with Gasteiger partial charge in [0.15, 0.2) is 0 Å². The molecule has 1 aromatic heterocycles. The first-order valence-corrected chi connectivity index (χ1v) is 12.0. The second-order valence-corrected chi connectivity index (χ2v) is 9.73. The highest BCUT2D eigenvalue weighted by atomic mass is 16.5. The predicted molar refractivity (Wildman–Crippen MR) is 130 cm³/mol. The molecular weight excluding hydrogens is 396 g/mol. The highest BCUT2D eigenvalue weighted by Gasteiger charge is 2.26. The molecule has 0 amide bonds. The smallest absolute Gasteiger partial charge is 0.316 e. The van der Waals surface area contributed by atoms with Crippen LogP contribution in [0.2, 0.25) is 0 Å².